The lowest BCUT2D eigenvalue weighted by Gasteiger charge is -2.33. The summed E-state index contributed by atoms with van der Waals surface area (Å²) in [4.78, 5) is 0. The molecule has 670 valence electrons. The number of benzene rings is 21. The molecule has 0 unspecified atom stereocenters. The Balaban J connectivity index is 0.0000000839. The van der Waals surface area contributed by atoms with Crippen LogP contribution in [0.5, 0.6) is 115 Å². The summed E-state index contributed by atoms with van der Waals surface area (Å²) in [6, 6.07) is 154. The number of para-hydroxylation sites is 4. The summed E-state index contributed by atoms with van der Waals surface area (Å²) in [6.45, 7) is 0.581. The third-order valence-corrected chi connectivity index (χ3v) is 32.9. The number of thiophene rings is 3. The Hall–Kier alpha value is -17.4. The minimum Gasteiger partial charge on any atom is -0.458 e. The van der Waals surface area contributed by atoms with Gasteiger partial charge in [0, 0.05) is 83.1 Å². The van der Waals surface area contributed by atoms with Crippen LogP contribution in [0.4, 0.5) is 0 Å². The lowest BCUT2D eigenvalue weighted by molar-refractivity contribution is 0.464. The van der Waals surface area contributed by atoms with Gasteiger partial charge in [-0.05, 0) is 228 Å². The van der Waals surface area contributed by atoms with E-state index in [9.17, 15) is 0 Å². The van der Waals surface area contributed by atoms with Crippen molar-refractivity contribution in [3.63, 3.8) is 0 Å². The molecule has 0 amide bonds. The molecule has 13 heterocycles. The lowest BCUT2D eigenvalue weighted by atomic mass is 9.34. The van der Waals surface area contributed by atoms with Gasteiger partial charge in [-0.3, -0.25) is 0 Å². The van der Waals surface area contributed by atoms with E-state index in [1.54, 1.807) is 0 Å². The molecule has 18 heteroatoms. The van der Waals surface area contributed by atoms with Gasteiger partial charge >= 0.3 is 0 Å². The van der Waals surface area contributed by atoms with E-state index >= 15 is 0 Å². The van der Waals surface area contributed by atoms with Crippen molar-refractivity contribution in [1.82, 2.24) is 0 Å². The van der Waals surface area contributed by atoms with Crippen LogP contribution in [0.2, 0.25) is 0 Å². The average molecular weight is 1900 g/mol. The second-order valence-corrected chi connectivity index (χ2v) is 40.7. The van der Waals surface area contributed by atoms with Crippen LogP contribution in [0.3, 0.4) is 0 Å². The molecule has 10 aliphatic heterocycles. The smallest absolute Gasteiger partial charge is 0.260 e. The fourth-order valence-electron chi connectivity index (χ4n) is 23.1. The summed E-state index contributed by atoms with van der Waals surface area (Å²) in [7, 11) is 0. The van der Waals surface area contributed by atoms with E-state index in [4.69, 9.17) is 47.4 Å². The molecular formula is C126H73B5O10S3. The third kappa shape index (κ3) is 13.3. The van der Waals surface area contributed by atoms with Crippen LogP contribution < -0.4 is 129 Å². The van der Waals surface area contributed by atoms with Crippen LogP contribution in [0.1, 0.15) is 0 Å². The van der Waals surface area contributed by atoms with Gasteiger partial charge in [0.05, 0.1) is 4.70 Å². The van der Waals surface area contributed by atoms with Gasteiger partial charge in [-0.1, -0.05) is 303 Å². The quantitative estimate of drug-likeness (QED) is 0.159. The predicted octanol–water partition coefficient (Wildman–Crippen LogP) is 24.2. The molecule has 0 spiro atoms. The average Bonchev–Trinajstić information content (AvgIpc) is 1.47. The van der Waals surface area contributed by atoms with E-state index < -0.39 is 0 Å². The van der Waals surface area contributed by atoms with Gasteiger partial charge in [0.2, 0.25) is 0 Å². The molecular weight excluding hydrogens is 1820 g/mol. The monoisotopic (exact) mass is 1900 g/mol. The first-order valence-electron chi connectivity index (χ1n) is 48.6. The highest BCUT2D eigenvalue weighted by Gasteiger charge is 2.47. The van der Waals surface area contributed by atoms with Crippen molar-refractivity contribution in [2.45, 2.75) is 0 Å². The summed E-state index contributed by atoms with van der Waals surface area (Å²) in [6.07, 6.45) is 0. The molecule has 24 aromatic rings. The van der Waals surface area contributed by atoms with Crippen LogP contribution in [0.25, 0.3) is 93.9 Å². The summed E-state index contributed by atoms with van der Waals surface area (Å²) in [5.74, 6) is 18.2. The normalized spacial score (nSPS) is 13.2. The van der Waals surface area contributed by atoms with E-state index in [2.05, 4.69) is 315 Å². The van der Waals surface area contributed by atoms with Crippen molar-refractivity contribution in [3.8, 4) is 148 Å². The highest BCUT2D eigenvalue weighted by atomic mass is 32.1. The number of hydrogen-bond donors (Lipinski definition) is 0. The molecule has 34 rings (SSSR count). The molecule has 0 radical (unpaired) electrons. The zero-order valence-electron chi connectivity index (χ0n) is 76.8. The summed E-state index contributed by atoms with van der Waals surface area (Å²) < 4.78 is 70.9. The van der Waals surface area contributed by atoms with Crippen LogP contribution in [-0.2, 0) is 0 Å². The second-order valence-electron chi connectivity index (χ2n) is 37.4. The van der Waals surface area contributed by atoms with Gasteiger partial charge in [0.15, 0.2) is 0 Å². The molecule has 3 aromatic heterocycles. The van der Waals surface area contributed by atoms with Crippen LogP contribution in [-0.4, -0.2) is 33.6 Å². The fourth-order valence-corrected chi connectivity index (χ4v) is 26.5. The molecule has 144 heavy (non-hydrogen) atoms. The zero-order valence-corrected chi connectivity index (χ0v) is 79.3. The number of rotatable bonds is 3. The largest absolute Gasteiger partial charge is 0.458 e. The predicted molar refractivity (Wildman–Crippen MR) is 596 cm³/mol. The van der Waals surface area contributed by atoms with Gasteiger partial charge in [-0.25, -0.2) is 0 Å². The van der Waals surface area contributed by atoms with E-state index in [1.165, 1.54) is 143 Å². The first-order chi connectivity index (χ1) is 71.4. The maximum atomic E-state index is 6.55. The number of fused-ring (bicyclic) bond motifs is 31. The Morgan fingerprint density at radius 3 is 0.882 bits per heavy atom. The summed E-state index contributed by atoms with van der Waals surface area (Å²) >= 11 is 5.48. The molecule has 0 atom stereocenters. The summed E-state index contributed by atoms with van der Waals surface area (Å²) in [5, 5.41) is 7.60. The second kappa shape index (κ2) is 33.1. The van der Waals surface area contributed by atoms with Crippen molar-refractivity contribution in [2.24, 2.45) is 0 Å². The van der Waals surface area contributed by atoms with Gasteiger partial charge in [-0.2, -0.15) is 0 Å². The Morgan fingerprint density at radius 1 is 0.139 bits per heavy atom. The molecule has 0 N–H and O–H groups in total. The van der Waals surface area contributed by atoms with Gasteiger partial charge in [-0.15, -0.1) is 34.0 Å². The topological polar surface area (TPSA) is 92.3 Å². The molecule has 0 aliphatic carbocycles. The first kappa shape index (κ1) is 82.5. The van der Waals surface area contributed by atoms with Crippen molar-refractivity contribution >= 4 is 210 Å². The minimum absolute atomic E-state index is 0.0668. The van der Waals surface area contributed by atoms with Gasteiger partial charge < -0.3 is 47.4 Å². The third-order valence-electron chi connectivity index (χ3n) is 29.5. The standard InChI is InChI=1S/C30H19BO2.3C24H13BO2S.C24H15BO2/c1-3-8-20(9-4-1)22-15-17-26-25(18-22)31-24-16-14-23(21-10-5-2-6-11-21)19-29(24)33-28-13-7-12-27(32-26)30(28)31;1-4-11-22-14(6-1)15-12-21-17(13-23(15)28-22)25-16-7-2-3-8-18(16)26-19-9-5-10-20(27-21)24(19)25;1-4-11-21-14(6-1)15-12-13-17-23(24(15)28-21)27-20-10-5-9-19-22(20)25(17)16-7-2-3-8-18(16)26-19;1-4-11-20-14(6-1)22-21(28-20)13-12-16-24(22)27-19-10-5-9-18-23(19)25(16)15-7-2-3-8-17(15)26-18;1-2-7-16(8-3-1)17-13-14-21-19(15-17)25-18-9-4-5-10-20(18)26-22-11-6-12-23(27-21)24(22)25/h1-19H;3*1-13H;1-15H. The maximum Gasteiger partial charge on any atom is 0.260 e. The molecule has 0 bridgehead atoms. The minimum atomic E-state index is 0.0668. The van der Waals surface area contributed by atoms with E-state index in [0.717, 1.165) is 148 Å². The molecule has 10 aliphatic rings. The Labute approximate surface area is 842 Å². The zero-order chi connectivity index (χ0) is 94.3. The Morgan fingerprint density at radius 2 is 0.431 bits per heavy atom. The highest BCUT2D eigenvalue weighted by Crippen LogP contribution is 2.49. The lowest BCUT2D eigenvalue weighted by Crippen LogP contribution is -2.57. The molecule has 21 aromatic carbocycles. The molecule has 0 saturated carbocycles. The Kier molecular flexibility index (Phi) is 19.0. The van der Waals surface area contributed by atoms with Crippen molar-refractivity contribution < 1.29 is 47.4 Å². The van der Waals surface area contributed by atoms with E-state index in [-0.39, 0.29) is 33.6 Å². The van der Waals surface area contributed by atoms with Crippen LogP contribution >= 0.6 is 34.0 Å². The highest BCUT2D eigenvalue weighted by molar-refractivity contribution is 7.27. The first-order valence-corrected chi connectivity index (χ1v) is 51.0. The summed E-state index contributed by atoms with van der Waals surface area (Å²) in [5.41, 5.74) is 24.7. The van der Waals surface area contributed by atoms with Crippen molar-refractivity contribution in [3.05, 3.63) is 443 Å². The Bertz CT molecular complexity index is 9420. The number of ether oxygens (including phenoxy) is 10. The van der Waals surface area contributed by atoms with Gasteiger partial charge in [0.1, 0.15) is 115 Å². The molecule has 0 fully saturated rings. The van der Waals surface area contributed by atoms with Crippen molar-refractivity contribution in [2.75, 3.05) is 0 Å². The SMILES string of the molecule is c1ccc(-c2ccc3c(c2)B2c4ccccc4Oc4cccc(c42)O3)cc1.c1ccc(-c2ccc3c(c2)Oc2cccc4c2B3c2cc(-c3ccccc3)ccc2O4)cc1.c1ccc2c(c1)Oc1cccc3c1B2c1cc2sc4ccccc4c2cc1O3.c1ccc2c(c1)Oc1cccc3c1B2c1ccc2c(sc4ccccc42)c1O3.c1ccc2c(c1)Oc1cccc3c1B2c1ccc2sc4ccccc4c2c1O3. The van der Waals surface area contributed by atoms with E-state index in [0.29, 0.717) is 0 Å². The number of hydrogen-bond acceptors (Lipinski definition) is 13. The maximum absolute atomic E-state index is 6.55. The molecule has 10 nitrogen and oxygen atoms in total. The van der Waals surface area contributed by atoms with Gasteiger partial charge in [0.25, 0.3) is 33.6 Å². The van der Waals surface area contributed by atoms with Crippen LogP contribution in [0, 0.1) is 0 Å². The molecule has 0 saturated heterocycles. The fraction of sp³-hybridized carbons (Fsp3) is 0. The van der Waals surface area contributed by atoms with Crippen molar-refractivity contribution in [1.29, 1.82) is 0 Å². The van der Waals surface area contributed by atoms with E-state index in [1.807, 2.05) is 161 Å². The van der Waals surface area contributed by atoms with Crippen LogP contribution in [0.15, 0.2) is 443 Å².